The molecule has 0 atom stereocenters. The summed E-state index contributed by atoms with van der Waals surface area (Å²) in [5.41, 5.74) is 1.70. The van der Waals surface area contributed by atoms with Crippen LogP contribution in [-0.2, 0) is 16.0 Å². The first-order valence-electron chi connectivity index (χ1n) is 5.27. The molecule has 3 heteroatoms. The molecule has 0 fully saturated rings. The van der Waals surface area contributed by atoms with Gasteiger partial charge >= 0.3 is 5.97 Å². The molecule has 0 aromatic heterocycles. The quantitative estimate of drug-likeness (QED) is 0.776. The molecule has 0 spiro atoms. The highest BCUT2D eigenvalue weighted by atomic mass is 16.5. The van der Waals surface area contributed by atoms with E-state index in [9.17, 15) is 4.79 Å². The van der Waals surface area contributed by atoms with Gasteiger partial charge in [-0.15, -0.1) is 0 Å². The maximum atomic E-state index is 10.6. The number of carbonyl (C=O) groups is 1. The molecule has 0 amide bonds. The number of ether oxygens (including phenoxy) is 1. The Labute approximate surface area is 95.4 Å². The highest BCUT2D eigenvalue weighted by molar-refractivity contribution is 5.71. The van der Waals surface area contributed by atoms with Crippen LogP contribution in [0.5, 0.6) is 0 Å². The van der Waals surface area contributed by atoms with Crippen molar-refractivity contribution in [3.05, 3.63) is 41.5 Å². The average molecular weight is 220 g/mol. The highest BCUT2D eigenvalue weighted by Gasteiger charge is 2.04. The van der Waals surface area contributed by atoms with Crippen LogP contribution in [-0.4, -0.2) is 17.7 Å². The summed E-state index contributed by atoms with van der Waals surface area (Å²) in [6.07, 6.45) is 1.92. The molecule has 0 aliphatic rings. The average Bonchev–Trinajstić information content (AvgIpc) is 2.25. The Morgan fingerprint density at radius 2 is 2.25 bits per heavy atom. The lowest BCUT2D eigenvalue weighted by atomic mass is 10.1. The molecule has 0 heterocycles. The number of carboxylic acid groups (broad SMARTS) is 1. The van der Waals surface area contributed by atoms with Crippen molar-refractivity contribution in [2.75, 3.05) is 6.61 Å². The maximum absolute atomic E-state index is 10.6. The lowest BCUT2D eigenvalue weighted by Gasteiger charge is -2.09. The van der Waals surface area contributed by atoms with Crippen molar-refractivity contribution in [3.8, 4) is 0 Å². The van der Waals surface area contributed by atoms with Gasteiger partial charge in [-0.2, -0.15) is 0 Å². The van der Waals surface area contributed by atoms with Crippen LogP contribution in [0.4, 0.5) is 0 Å². The van der Waals surface area contributed by atoms with E-state index in [0.717, 1.165) is 16.9 Å². The van der Waals surface area contributed by atoms with Gasteiger partial charge in [0, 0.05) is 5.56 Å². The molecule has 0 aliphatic carbocycles. The van der Waals surface area contributed by atoms with Crippen molar-refractivity contribution in [2.45, 2.75) is 20.3 Å². The van der Waals surface area contributed by atoms with Crippen LogP contribution in [0.1, 0.15) is 25.0 Å². The lowest BCUT2D eigenvalue weighted by molar-refractivity contribution is -0.136. The van der Waals surface area contributed by atoms with E-state index in [1.807, 2.05) is 38.1 Å². The summed E-state index contributed by atoms with van der Waals surface area (Å²) in [5, 5.41) is 8.71. The number of hydrogen-bond acceptors (Lipinski definition) is 2. The fourth-order valence-corrected chi connectivity index (χ4v) is 1.50. The molecular formula is C13H16O3. The summed E-state index contributed by atoms with van der Waals surface area (Å²) in [5.74, 6) is -0.0367. The van der Waals surface area contributed by atoms with E-state index in [0.29, 0.717) is 6.61 Å². The number of hydrogen-bond donors (Lipinski definition) is 1. The lowest BCUT2D eigenvalue weighted by Crippen LogP contribution is -2.00. The zero-order valence-corrected chi connectivity index (χ0v) is 9.56. The molecule has 1 N–H and O–H groups in total. The topological polar surface area (TPSA) is 46.5 Å². The number of benzene rings is 1. The summed E-state index contributed by atoms with van der Waals surface area (Å²) < 4.78 is 5.45. The molecule has 1 aromatic carbocycles. The van der Waals surface area contributed by atoms with E-state index >= 15 is 0 Å². The second-order valence-electron chi connectivity index (χ2n) is 3.36. The Bertz CT molecular complexity index is 394. The minimum atomic E-state index is -0.824. The van der Waals surface area contributed by atoms with E-state index in [2.05, 4.69) is 0 Å². The molecule has 0 bridgehead atoms. The molecule has 0 aliphatic heterocycles. The van der Waals surface area contributed by atoms with Crippen molar-refractivity contribution in [3.63, 3.8) is 0 Å². The van der Waals surface area contributed by atoms with Crippen molar-refractivity contribution < 1.29 is 14.6 Å². The predicted molar refractivity (Wildman–Crippen MR) is 63.1 cm³/mol. The Morgan fingerprint density at radius 3 is 2.81 bits per heavy atom. The monoisotopic (exact) mass is 220 g/mol. The summed E-state index contributed by atoms with van der Waals surface area (Å²) in [4.78, 5) is 10.6. The van der Waals surface area contributed by atoms with E-state index in [-0.39, 0.29) is 6.42 Å². The van der Waals surface area contributed by atoms with Gasteiger partial charge in [0.15, 0.2) is 0 Å². The number of allylic oxidation sites excluding steroid dienone is 1. The molecule has 1 rings (SSSR count). The van der Waals surface area contributed by atoms with Crippen LogP contribution < -0.4 is 0 Å². The maximum Gasteiger partial charge on any atom is 0.307 e. The van der Waals surface area contributed by atoms with Crippen LogP contribution in [0.15, 0.2) is 30.3 Å². The minimum absolute atomic E-state index is 0.0387. The zero-order valence-electron chi connectivity index (χ0n) is 9.56. The van der Waals surface area contributed by atoms with Gasteiger partial charge in [0.1, 0.15) is 5.76 Å². The third-order valence-corrected chi connectivity index (χ3v) is 2.13. The van der Waals surface area contributed by atoms with Crippen molar-refractivity contribution in [1.82, 2.24) is 0 Å². The van der Waals surface area contributed by atoms with E-state index in [4.69, 9.17) is 9.84 Å². The Morgan fingerprint density at radius 1 is 1.50 bits per heavy atom. The minimum Gasteiger partial charge on any atom is -0.494 e. The Balaban J connectivity index is 2.92. The molecule has 0 radical (unpaired) electrons. The van der Waals surface area contributed by atoms with Gasteiger partial charge < -0.3 is 9.84 Å². The van der Waals surface area contributed by atoms with Gasteiger partial charge in [0.25, 0.3) is 0 Å². The molecule has 1 aromatic rings. The van der Waals surface area contributed by atoms with Crippen LogP contribution in [0, 0.1) is 0 Å². The molecule has 86 valence electrons. The van der Waals surface area contributed by atoms with Gasteiger partial charge in [0.05, 0.1) is 13.0 Å². The largest absolute Gasteiger partial charge is 0.494 e. The molecular weight excluding hydrogens is 204 g/mol. The summed E-state index contributed by atoms with van der Waals surface area (Å²) >= 11 is 0. The molecule has 3 nitrogen and oxygen atoms in total. The third-order valence-electron chi connectivity index (χ3n) is 2.13. The zero-order chi connectivity index (χ0) is 12.0. The Hall–Kier alpha value is -1.77. The first kappa shape index (κ1) is 12.3. The fourth-order valence-electron chi connectivity index (χ4n) is 1.50. The van der Waals surface area contributed by atoms with Gasteiger partial charge in [0.2, 0.25) is 0 Å². The van der Waals surface area contributed by atoms with Crippen LogP contribution in [0.2, 0.25) is 0 Å². The molecule has 16 heavy (non-hydrogen) atoms. The molecule has 0 saturated carbocycles. The summed E-state index contributed by atoms with van der Waals surface area (Å²) in [6.45, 7) is 4.42. The van der Waals surface area contributed by atoms with Gasteiger partial charge in [-0.3, -0.25) is 4.79 Å². The summed E-state index contributed by atoms with van der Waals surface area (Å²) in [6, 6.07) is 7.41. The van der Waals surface area contributed by atoms with Gasteiger partial charge in [-0.1, -0.05) is 18.2 Å². The van der Waals surface area contributed by atoms with Crippen LogP contribution in [0.3, 0.4) is 0 Å². The third kappa shape index (κ3) is 3.42. The first-order chi connectivity index (χ1) is 7.67. The molecule has 0 saturated heterocycles. The Kier molecular flexibility index (Phi) is 4.58. The summed E-state index contributed by atoms with van der Waals surface area (Å²) in [7, 11) is 0. The highest BCUT2D eigenvalue weighted by Crippen LogP contribution is 2.17. The normalized spacial score (nSPS) is 11.2. The molecule has 0 unspecified atom stereocenters. The van der Waals surface area contributed by atoms with Crippen molar-refractivity contribution in [2.24, 2.45) is 0 Å². The standard InChI is InChI=1S/C13H16O3/c1-3-12(16-4-2)11-7-5-6-10(8-11)9-13(14)15/h3,5-8H,4,9H2,1-2H3,(H,14,15)/b12-3-. The number of carboxylic acids is 1. The smallest absolute Gasteiger partial charge is 0.307 e. The van der Waals surface area contributed by atoms with E-state index in [1.54, 1.807) is 6.07 Å². The first-order valence-corrected chi connectivity index (χ1v) is 5.27. The van der Waals surface area contributed by atoms with Crippen LogP contribution in [0.25, 0.3) is 5.76 Å². The number of aliphatic carboxylic acids is 1. The van der Waals surface area contributed by atoms with Gasteiger partial charge in [-0.25, -0.2) is 0 Å². The van der Waals surface area contributed by atoms with Crippen LogP contribution >= 0.6 is 0 Å². The second kappa shape index (κ2) is 5.95. The number of rotatable bonds is 5. The van der Waals surface area contributed by atoms with Gasteiger partial charge in [-0.05, 0) is 31.6 Å². The van der Waals surface area contributed by atoms with Crippen molar-refractivity contribution >= 4 is 11.7 Å². The predicted octanol–water partition coefficient (Wildman–Crippen LogP) is 2.71. The van der Waals surface area contributed by atoms with Crippen molar-refractivity contribution in [1.29, 1.82) is 0 Å². The SMILES string of the molecule is C/C=C(\OCC)c1cccc(CC(=O)O)c1. The second-order valence-corrected chi connectivity index (χ2v) is 3.36. The van der Waals surface area contributed by atoms with E-state index in [1.165, 1.54) is 0 Å². The fraction of sp³-hybridized carbons (Fsp3) is 0.308. The van der Waals surface area contributed by atoms with E-state index < -0.39 is 5.97 Å².